The molecule has 0 aliphatic rings. The van der Waals surface area contributed by atoms with Crippen molar-refractivity contribution in [1.82, 2.24) is 24.7 Å². The number of aromatic nitrogens is 5. The van der Waals surface area contributed by atoms with E-state index in [1.165, 1.54) is 18.1 Å². The topological polar surface area (TPSA) is 94.5 Å². The van der Waals surface area contributed by atoms with Crippen LogP contribution >= 0.6 is 11.8 Å². The summed E-state index contributed by atoms with van der Waals surface area (Å²) in [5, 5.41) is 5.66. The van der Waals surface area contributed by atoms with Crippen LogP contribution in [-0.4, -0.2) is 24.7 Å². The molecule has 3 N–H and O–H groups in total. The van der Waals surface area contributed by atoms with Crippen LogP contribution in [-0.2, 0) is 12.5 Å². The minimum Gasteiger partial charge on any atom is -0.308 e. The Morgan fingerprint density at radius 3 is 2.50 bits per heavy atom. The van der Waals surface area contributed by atoms with Gasteiger partial charge in [-0.2, -0.15) is 5.10 Å². The van der Waals surface area contributed by atoms with E-state index in [2.05, 4.69) is 46.2 Å². The normalized spacial score (nSPS) is 11.7. The molecule has 0 aromatic carbocycles. The Bertz CT molecular complexity index is 615. The summed E-state index contributed by atoms with van der Waals surface area (Å²) in [6.07, 6.45) is 1.52. The third-order valence-corrected chi connectivity index (χ3v) is 3.91. The van der Waals surface area contributed by atoms with Gasteiger partial charge in [-0.3, -0.25) is 0 Å². The maximum Gasteiger partial charge on any atom is 0.192 e. The van der Waals surface area contributed by atoms with Gasteiger partial charge in [-0.25, -0.2) is 25.5 Å². The van der Waals surface area contributed by atoms with Gasteiger partial charge in [-0.15, -0.1) is 0 Å². The van der Waals surface area contributed by atoms with Gasteiger partial charge in [0.2, 0.25) is 0 Å². The third-order valence-electron chi connectivity index (χ3n) is 2.77. The molecular formula is C12H19N7S. The maximum absolute atomic E-state index is 5.55. The van der Waals surface area contributed by atoms with Crippen molar-refractivity contribution in [3.8, 4) is 0 Å². The molecule has 0 saturated heterocycles. The number of aryl methyl sites for hydroxylation is 1. The Hall–Kier alpha value is -1.67. The molecule has 0 radical (unpaired) electrons. The van der Waals surface area contributed by atoms with E-state index in [0.717, 1.165) is 21.6 Å². The van der Waals surface area contributed by atoms with Gasteiger partial charge in [-0.1, -0.05) is 20.8 Å². The second-order valence-electron chi connectivity index (χ2n) is 5.49. The Kier molecular flexibility index (Phi) is 3.96. The molecule has 2 heterocycles. The fraction of sp³-hybridized carbons (Fsp3) is 0.500. The van der Waals surface area contributed by atoms with Gasteiger partial charge >= 0.3 is 0 Å². The van der Waals surface area contributed by atoms with Gasteiger partial charge in [0, 0.05) is 18.0 Å². The number of nitrogens with one attached hydrogen (secondary N) is 1. The van der Waals surface area contributed by atoms with E-state index in [0.29, 0.717) is 5.82 Å². The maximum atomic E-state index is 5.55. The van der Waals surface area contributed by atoms with Crippen molar-refractivity contribution in [3.05, 3.63) is 17.7 Å². The van der Waals surface area contributed by atoms with Crippen LogP contribution in [0.5, 0.6) is 0 Å². The molecule has 0 bridgehead atoms. The van der Waals surface area contributed by atoms with E-state index < -0.39 is 0 Å². The van der Waals surface area contributed by atoms with E-state index in [-0.39, 0.29) is 5.41 Å². The average molecular weight is 293 g/mol. The molecule has 20 heavy (non-hydrogen) atoms. The number of rotatable bonds is 3. The summed E-state index contributed by atoms with van der Waals surface area (Å²) in [6.45, 7) is 8.12. The Balaban J connectivity index is 2.48. The predicted octanol–water partition coefficient (Wildman–Crippen LogP) is 1.65. The number of nitrogens with two attached hydrogens (primary N) is 1. The Morgan fingerprint density at radius 2 is 2.00 bits per heavy atom. The van der Waals surface area contributed by atoms with Crippen LogP contribution < -0.4 is 11.3 Å². The zero-order valence-electron chi connectivity index (χ0n) is 12.3. The molecule has 0 saturated carbocycles. The minimum absolute atomic E-state index is 0.158. The summed E-state index contributed by atoms with van der Waals surface area (Å²) in [5.41, 5.74) is 3.37. The number of hydrogen-bond donors (Lipinski definition) is 2. The molecule has 0 aliphatic heterocycles. The predicted molar refractivity (Wildman–Crippen MR) is 78.4 cm³/mol. The van der Waals surface area contributed by atoms with Gasteiger partial charge in [0.1, 0.15) is 23.0 Å². The van der Waals surface area contributed by atoms with Crippen molar-refractivity contribution in [2.75, 3.05) is 5.43 Å². The molecule has 0 unspecified atom stereocenters. The third kappa shape index (κ3) is 2.91. The van der Waals surface area contributed by atoms with Crippen LogP contribution in [0.25, 0.3) is 0 Å². The van der Waals surface area contributed by atoms with Gasteiger partial charge in [-0.05, 0) is 18.7 Å². The van der Waals surface area contributed by atoms with Crippen molar-refractivity contribution in [2.45, 2.75) is 43.3 Å². The highest BCUT2D eigenvalue weighted by atomic mass is 32.2. The van der Waals surface area contributed by atoms with Crippen molar-refractivity contribution >= 4 is 17.6 Å². The fourth-order valence-corrected chi connectivity index (χ4v) is 2.37. The molecule has 8 heteroatoms. The SMILES string of the molecule is Cc1c(NN)nc(C(C)(C)C)nc1Sc1ncnn1C. The first-order valence-electron chi connectivity index (χ1n) is 6.20. The van der Waals surface area contributed by atoms with Crippen LogP contribution in [0.4, 0.5) is 5.82 Å². The molecule has 0 amide bonds. The molecule has 2 aromatic heterocycles. The van der Waals surface area contributed by atoms with Crippen molar-refractivity contribution in [3.63, 3.8) is 0 Å². The van der Waals surface area contributed by atoms with Gasteiger partial charge in [0.05, 0.1) is 0 Å². The quantitative estimate of drug-likeness (QED) is 0.504. The molecular weight excluding hydrogens is 274 g/mol. The van der Waals surface area contributed by atoms with E-state index >= 15 is 0 Å². The molecule has 7 nitrogen and oxygen atoms in total. The van der Waals surface area contributed by atoms with Crippen LogP contribution in [0, 0.1) is 6.92 Å². The highest BCUT2D eigenvalue weighted by Crippen LogP contribution is 2.31. The summed E-state index contributed by atoms with van der Waals surface area (Å²) in [7, 11) is 1.85. The number of nitrogen functional groups attached to an aromatic ring is 1. The summed E-state index contributed by atoms with van der Waals surface area (Å²) in [5.74, 6) is 6.92. The first-order chi connectivity index (χ1) is 9.32. The number of nitrogens with zero attached hydrogens (tertiary/aromatic N) is 5. The molecule has 2 rings (SSSR count). The number of hydrogen-bond acceptors (Lipinski definition) is 7. The smallest absolute Gasteiger partial charge is 0.192 e. The van der Waals surface area contributed by atoms with E-state index in [1.807, 2.05) is 14.0 Å². The zero-order valence-corrected chi connectivity index (χ0v) is 13.1. The van der Waals surface area contributed by atoms with Crippen LogP contribution in [0.3, 0.4) is 0 Å². The lowest BCUT2D eigenvalue weighted by Gasteiger charge is -2.19. The van der Waals surface area contributed by atoms with Gasteiger partial charge in [0.15, 0.2) is 5.16 Å². The average Bonchev–Trinajstić information content (AvgIpc) is 2.76. The number of hydrazine groups is 1. The van der Waals surface area contributed by atoms with Crippen molar-refractivity contribution < 1.29 is 0 Å². The molecule has 0 spiro atoms. The van der Waals surface area contributed by atoms with Gasteiger partial charge in [0.25, 0.3) is 0 Å². The summed E-state index contributed by atoms with van der Waals surface area (Å²) < 4.78 is 1.71. The fourth-order valence-electron chi connectivity index (χ4n) is 1.54. The van der Waals surface area contributed by atoms with Crippen molar-refractivity contribution in [2.24, 2.45) is 12.9 Å². The summed E-state index contributed by atoms with van der Waals surface area (Å²) in [6, 6.07) is 0. The van der Waals surface area contributed by atoms with Crippen LogP contribution in [0.2, 0.25) is 0 Å². The van der Waals surface area contributed by atoms with Crippen molar-refractivity contribution in [1.29, 1.82) is 0 Å². The minimum atomic E-state index is -0.158. The lowest BCUT2D eigenvalue weighted by atomic mass is 9.95. The summed E-state index contributed by atoms with van der Waals surface area (Å²) >= 11 is 1.45. The molecule has 2 aromatic rings. The molecule has 0 fully saturated rings. The monoisotopic (exact) mass is 293 g/mol. The van der Waals surface area contributed by atoms with E-state index in [9.17, 15) is 0 Å². The molecule has 0 atom stereocenters. The molecule has 108 valence electrons. The Labute approximate surface area is 122 Å². The zero-order chi connectivity index (χ0) is 14.9. The first kappa shape index (κ1) is 14.7. The van der Waals surface area contributed by atoms with Crippen LogP contribution in [0.15, 0.2) is 16.5 Å². The molecule has 0 aliphatic carbocycles. The second-order valence-corrected chi connectivity index (χ2v) is 6.44. The lowest BCUT2D eigenvalue weighted by molar-refractivity contribution is 0.538. The van der Waals surface area contributed by atoms with E-state index in [4.69, 9.17) is 5.84 Å². The Morgan fingerprint density at radius 1 is 1.30 bits per heavy atom. The lowest BCUT2D eigenvalue weighted by Crippen LogP contribution is -2.20. The standard InChI is InChI=1S/C12H19N7S/c1-7-8(18-13)16-10(12(2,3)4)17-9(7)20-11-14-6-15-19(11)5/h6H,13H2,1-5H3,(H,16,17,18). The highest BCUT2D eigenvalue weighted by molar-refractivity contribution is 7.99. The largest absolute Gasteiger partial charge is 0.308 e. The second kappa shape index (κ2) is 5.37. The first-order valence-corrected chi connectivity index (χ1v) is 7.02. The highest BCUT2D eigenvalue weighted by Gasteiger charge is 2.22. The van der Waals surface area contributed by atoms with Gasteiger partial charge < -0.3 is 5.43 Å². The number of anilines is 1. The van der Waals surface area contributed by atoms with Crippen LogP contribution in [0.1, 0.15) is 32.2 Å². The van der Waals surface area contributed by atoms with E-state index in [1.54, 1.807) is 4.68 Å². The summed E-state index contributed by atoms with van der Waals surface area (Å²) in [4.78, 5) is 13.3.